The Labute approximate surface area is 117 Å². The third kappa shape index (κ3) is 3.37. The van der Waals surface area contributed by atoms with Gasteiger partial charge in [-0.05, 0) is 59.9 Å². The summed E-state index contributed by atoms with van der Waals surface area (Å²) < 4.78 is 2.40. The Balaban J connectivity index is 2.12. The number of rotatable bonds is 5. The van der Waals surface area contributed by atoms with Gasteiger partial charge in [-0.25, -0.2) is 4.98 Å². The van der Waals surface area contributed by atoms with Gasteiger partial charge in [-0.2, -0.15) is 0 Å². The first kappa shape index (κ1) is 14.5. The van der Waals surface area contributed by atoms with Crippen molar-refractivity contribution in [2.75, 3.05) is 33.7 Å². The van der Waals surface area contributed by atoms with Gasteiger partial charge in [0.25, 0.3) is 0 Å². The first-order chi connectivity index (χ1) is 9.03. The van der Waals surface area contributed by atoms with E-state index in [0.717, 1.165) is 19.6 Å². The van der Waals surface area contributed by atoms with E-state index in [9.17, 15) is 0 Å². The van der Waals surface area contributed by atoms with Crippen molar-refractivity contribution in [3.63, 3.8) is 0 Å². The highest BCUT2D eigenvalue weighted by Crippen LogP contribution is 2.34. The molecule has 0 aromatic carbocycles. The monoisotopic (exact) mass is 264 g/mol. The van der Waals surface area contributed by atoms with Gasteiger partial charge >= 0.3 is 0 Å². The number of nitrogens with zero attached hydrogens (tertiary/aromatic N) is 3. The van der Waals surface area contributed by atoms with Crippen LogP contribution in [0.15, 0.2) is 12.5 Å². The number of piperidine rings is 1. The lowest BCUT2D eigenvalue weighted by atomic mass is 9.78. The van der Waals surface area contributed by atoms with Crippen LogP contribution >= 0.6 is 0 Å². The van der Waals surface area contributed by atoms with Crippen LogP contribution in [0.5, 0.6) is 0 Å². The average Bonchev–Trinajstić information content (AvgIpc) is 2.87. The fourth-order valence-corrected chi connectivity index (χ4v) is 2.94. The van der Waals surface area contributed by atoms with Crippen LogP contribution in [0.4, 0.5) is 0 Å². The summed E-state index contributed by atoms with van der Waals surface area (Å²) in [4.78, 5) is 6.67. The second-order valence-electron chi connectivity index (χ2n) is 6.44. The van der Waals surface area contributed by atoms with Crippen LogP contribution in [-0.2, 0) is 5.41 Å². The first-order valence-corrected chi connectivity index (χ1v) is 7.41. The molecule has 1 aliphatic rings. The highest BCUT2D eigenvalue weighted by atomic mass is 15.1. The molecule has 1 saturated heterocycles. The lowest BCUT2D eigenvalue weighted by Crippen LogP contribution is -2.39. The van der Waals surface area contributed by atoms with Gasteiger partial charge in [0.1, 0.15) is 0 Å². The molecule has 0 spiro atoms. The minimum absolute atomic E-state index is 0.286. The fraction of sp³-hybridized carbons (Fsp3) is 0.800. The van der Waals surface area contributed by atoms with Gasteiger partial charge in [-0.3, -0.25) is 0 Å². The van der Waals surface area contributed by atoms with Crippen molar-refractivity contribution in [2.45, 2.75) is 44.6 Å². The van der Waals surface area contributed by atoms with E-state index >= 15 is 0 Å². The van der Waals surface area contributed by atoms with E-state index in [-0.39, 0.29) is 5.41 Å². The van der Waals surface area contributed by atoms with Gasteiger partial charge in [-0.1, -0.05) is 6.92 Å². The lowest BCUT2D eigenvalue weighted by Gasteiger charge is -2.35. The highest BCUT2D eigenvalue weighted by molar-refractivity contribution is 5.16. The normalized spacial score (nSPS) is 20.7. The zero-order valence-electron chi connectivity index (χ0n) is 12.8. The summed E-state index contributed by atoms with van der Waals surface area (Å²) >= 11 is 0. The molecule has 1 aromatic rings. The molecule has 2 heterocycles. The van der Waals surface area contributed by atoms with Crippen LogP contribution in [0.3, 0.4) is 0 Å². The van der Waals surface area contributed by atoms with E-state index in [1.807, 2.05) is 6.33 Å². The summed E-state index contributed by atoms with van der Waals surface area (Å²) in [6, 6.07) is 0.520. The molecule has 0 bridgehead atoms. The van der Waals surface area contributed by atoms with Crippen molar-refractivity contribution in [3.05, 3.63) is 18.2 Å². The predicted molar refractivity (Wildman–Crippen MR) is 79.6 cm³/mol. The zero-order chi connectivity index (χ0) is 13.9. The summed E-state index contributed by atoms with van der Waals surface area (Å²) in [7, 11) is 4.27. The fourth-order valence-electron chi connectivity index (χ4n) is 2.94. The molecular formula is C15H28N4. The molecule has 2 rings (SSSR count). The standard InChI is InChI=1S/C15H28N4/c1-13(5-10-18(3)4)19-12-17-11-14(19)15(2)6-8-16-9-7-15/h11-13,16H,5-10H2,1-4H3. The van der Waals surface area contributed by atoms with Crippen molar-refractivity contribution < 1.29 is 0 Å². The van der Waals surface area contributed by atoms with Crippen LogP contribution in [0, 0.1) is 0 Å². The maximum Gasteiger partial charge on any atom is 0.0950 e. The average molecular weight is 264 g/mol. The molecule has 1 aliphatic heterocycles. The van der Waals surface area contributed by atoms with Gasteiger partial charge in [0.2, 0.25) is 0 Å². The first-order valence-electron chi connectivity index (χ1n) is 7.41. The number of imidazole rings is 1. The Morgan fingerprint density at radius 3 is 2.74 bits per heavy atom. The minimum atomic E-state index is 0.286. The van der Waals surface area contributed by atoms with E-state index in [1.165, 1.54) is 25.0 Å². The Bertz CT molecular complexity index is 391. The summed E-state index contributed by atoms with van der Waals surface area (Å²) in [5.41, 5.74) is 1.70. The van der Waals surface area contributed by atoms with Crippen LogP contribution in [0.2, 0.25) is 0 Å². The van der Waals surface area contributed by atoms with Crippen molar-refractivity contribution in [1.82, 2.24) is 19.8 Å². The lowest BCUT2D eigenvalue weighted by molar-refractivity contribution is 0.299. The molecule has 1 unspecified atom stereocenters. The molecule has 4 heteroatoms. The largest absolute Gasteiger partial charge is 0.331 e. The summed E-state index contributed by atoms with van der Waals surface area (Å²) in [6.45, 7) is 8.05. The van der Waals surface area contributed by atoms with E-state index in [4.69, 9.17) is 0 Å². The Kier molecular flexibility index (Phi) is 4.63. The number of nitrogens with one attached hydrogen (secondary N) is 1. The molecule has 0 amide bonds. The van der Waals surface area contributed by atoms with Crippen molar-refractivity contribution in [1.29, 1.82) is 0 Å². The Morgan fingerprint density at radius 1 is 1.42 bits per heavy atom. The van der Waals surface area contributed by atoms with Gasteiger partial charge in [0, 0.05) is 23.3 Å². The van der Waals surface area contributed by atoms with Crippen LogP contribution in [0.25, 0.3) is 0 Å². The van der Waals surface area contributed by atoms with E-state index in [2.05, 4.69) is 53.9 Å². The van der Waals surface area contributed by atoms with E-state index in [1.54, 1.807) is 0 Å². The third-order valence-electron chi connectivity index (χ3n) is 4.46. The van der Waals surface area contributed by atoms with E-state index < -0.39 is 0 Å². The maximum atomic E-state index is 4.42. The maximum absolute atomic E-state index is 4.42. The minimum Gasteiger partial charge on any atom is -0.331 e. The van der Waals surface area contributed by atoms with Gasteiger partial charge in [0.05, 0.1) is 6.33 Å². The number of aromatic nitrogens is 2. The molecule has 1 atom stereocenters. The molecule has 0 radical (unpaired) electrons. The highest BCUT2D eigenvalue weighted by Gasteiger charge is 2.32. The van der Waals surface area contributed by atoms with Crippen molar-refractivity contribution in [2.24, 2.45) is 0 Å². The summed E-state index contributed by atoms with van der Waals surface area (Å²) in [5.74, 6) is 0. The molecule has 1 fully saturated rings. The van der Waals surface area contributed by atoms with Crippen LogP contribution in [0.1, 0.15) is 44.8 Å². The number of hydrogen-bond acceptors (Lipinski definition) is 3. The summed E-state index contributed by atoms with van der Waals surface area (Å²) in [6.07, 6.45) is 7.68. The van der Waals surface area contributed by atoms with Gasteiger partial charge in [-0.15, -0.1) is 0 Å². The van der Waals surface area contributed by atoms with Crippen LogP contribution in [-0.4, -0.2) is 48.2 Å². The predicted octanol–water partition coefficient (Wildman–Crippen LogP) is 2.04. The molecule has 19 heavy (non-hydrogen) atoms. The zero-order valence-corrected chi connectivity index (χ0v) is 12.8. The summed E-state index contributed by atoms with van der Waals surface area (Å²) in [5, 5.41) is 3.45. The van der Waals surface area contributed by atoms with Gasteiger partial charge < -0.3 is 14.8 Å². The second-order valence-corrected chi connectivity index (χ2v) is 6.44. The molecule has 1 aromatic heterocycles. The quantitative estimate of drug-likeness (QED) is 0.883. The Hall–Kier alpha value is -0.870. The molecule has 108 valence electrons. The number of hydrogen-bond donors (Lipinski definition) is 1. The third-order valence-corrected chi connectivity index (χ3v) is 4.46. The second kappa shape index (κ2) is 6.06. The van der Waals surface area contributed by atoms with Gasteiger partial charge in [0.15, 0.2) is 0 Å². The molecule has 1 N–H and O–H groups in total. The molecule has 0 saturated carbocycles. The molecular weight excluding hydrogens is 236 g/mol. The molecule has 0 aliphatic carbocycles. The topological polar surface area (TPSA) is 33.1 Å². The van der Waals surface area contributed by atoms with E-state index in [0.29, 0.717) is 6.04 Å². The SMILES string of the molecule is CC(CCN(C)C)n1cncc1C1(C)CCNCC1. The smallest absolute Gasteiger partial charge is 0.0950 e. The van der Waals surface area contributed by atoms with Crippen molar-refractivity contribution >= 4 is 0 Å². The molecule has 4 nitrogen and oxygen atoms in total. The van der Waals surface area contributed by atoms with Crippen molar-refractivity contribution in [3.8, 4) is 0 Å². The van der Waals surface area contributed by atoms with Crippen LogP contribution < -0.4 is 5.32 Å². The Morgan fingerprint density at radius 2 is 2.11 bits per heavy atom.